The fourth-order valence-corrected chi connectivity index (χ4v) is 3.71. The van der Waals surface area contributed by atoms with Crippen molar-refractivity contribution in [2.75, 3.05) is 5.32 Å². The van der Waals surface area contributed by atoms with E-state index in [2.05, 4.69) is 15.3 Å². The molecule has 3 aromatic rings. The zero-order valence-corrected chi connectivity index (χ0v) is 19.6. The topological polar surface area (TPSA) is 101 Å². The number of anilines is 1. The normalized spacial score (nSPS) is 15.1. The van der Waals surface area contributed by atoms with Crippen LogP contribution in [0.5, 0.6) is 5.75 Å². The van der Waals surface area contributed by atoms with Gasteiger partial charge in [-0.25, -0.2) is 8.78 Å². The van der Waals surface area contributed by atoms with Crippen molar-refractivity contribution in [2.24, 2.45) is 0 Å². The maximum absolute atomic E-state index is 15.1. The van der Waals surface area contributed by atoms with Crippen LogP contribution in [0.4, 0.5) is 27.6 Å². The number of nitrogens with one attached hydrogen (secondary N) is 1. The smallest absolute Gasteiger partial charge is 0.425 e. The summed E-state index contributed by atoms with van der Waals surface area (Å²) in [7, 11) is 0. The van der Waals surface area contributed by atoms with Crippen LogP contribution in [0.25, 0.3) is 11.3 Å². The molecule has 1 saturated carbocycles. The van der Waals surface area contributed by atoms with Crippen LogP contribution in [0.1, 0.15) is 35.8 Å². The molecule has 13 heteroatoms. The zero-order chi connectivity index (χ0) is 27.1. The molecular weight excluding hydrogens is 525 g/mol. The predicted octanol–water partition coefficient (Wildman–Crippen LogP) is 5.77. The highest BCUT2D eigenvalue weighted by Crippen LogP contribution is 2.47. The SMILES string of the molecule is C[C@H](Oc1cc(-c2cnc(C3(C(=O)O)CC3)cn2)c(F)cc1C(=O)Nc1c(F)cccc1Cl)C(F)(F)F. The Morgan fingerprint density at radius 3 is 2.38 bits per heavy atom. The number of alkyl halides is 3. The number of carboxylic acid groups (broad SMARTS) is 1. The highest BCUT2D eigenvalue weighted by Gasteiger charge is 2.53. The number of carbonyl (C=O) groups is 2. The van der Waals surface area contributed by atoms with E-state index in [0.29, 0.717) is 25.8 Å². The Labute approximate surface area is 211 Å². The van der Waals surface area contributed by atoms with Crippen molar-refractivity contribution >= 4 is 29.2 Å². The molecule has 0 unspecified atom stereocenters. The van der Waals surface area contributed by atoms with E-state index in [4.69, 9.17) is 16.3 Å². The second kappa shape index (κ2) is 9.58. The van der Waals surface area contributed by atoms with Gasteiger partial charge in [0.1, 0.15) is 22.8 Å². The minimum Gasteiger partial charge on any atom is -0.481 e. The van der Waals surface area contributed by atoms with Crippen LogP contribution >= 0.6 is 11.6 Å². The maximum atomic E-state index is 15.1. The van der Waals surface area contributed by atoms with Gasteiger partial charge in [0.25, 0.3) is 5.91 Å². The first-order chi connectivity index (χ1) is 17.3. The number of carbonyl (C=O) groups excluding carboxylic acids is 1. The fraction of sp³-hybridized carbons (Fsp3) is 0.250. The molecule has 2 aromatic carbocycles. The zero-order valence-electron chi connectivity index (χ0n) is 18.9. The lowest BCUT2D eigenvalue weighted by Crippen LogP contribution is -2.32. The molecule has 1 aromatic heterocycles. The molecule has 1 amide bonds. The number of rotatable bonds is 7. The average Bonchev–Trinajstić information content (AvgIpc) is 3.64. The highest BCUT2D eigenvalue weighted by molar-refractivity contribution is 6.34. The van der Waals surface area contributed by atoms with Crippen LogP contribution < -0.4 is 10.1 Å². The van der Waals surface area contributed by atoms with Crippen LogP contribution in [0.3, 0.4) is 0 Å². The van der Waals surface area contributed by atoms with Crippen LogP contribution in [0.2, 0.25) is 5.02 Å². The monoisotopic (exact) mass is 541 g/mol. The number of hydrogen-bond donors (Lipinski definition) is 2. The molecule has 1 heterocycles. The van der Waals surface area contributed by atoms with E-state index in [1.807, 2.05) is 0 Å². The van der Waals surface area contributed by atoms with E-state index < -0.39 is 58.2 Å². The van der Waals surface area contributed by atoms with Gasteiger partial charge in [0.05, 0.1) is 40.1 Å². The van der Waals surface area contributed by atoms with Gasteiger partial charge in [-0.3, -0.25) is 19.6 Å². The van der Waals surface area contributed by atoms with Crippen molar-refractivity contribution in [3.8, 4) is 17.0 Å². The van der Waals surface area contributed by atoms with Crippen molar-refractivity contribution < 1.29 is 41.4 Å². The molecule has 1 atom stereocenters. The minimum atomic E-state index is -4.83. The van der Waals surface area contributed by atoms with E-state index >= 15 is 4.39 Å². The largest absolute Gasteiger partial charge is 0.481 e. The third-order valence-corrected chi connectivity index (χ3v) is 6.17. The molecule has 1 aliphatic rings. The summed E-state index contributed by atoms with van der Waals surface area (Å²) in [6, 6.07) is 4.99. The summed E-state index contributed by atoms with van der Waals surface area (Å²) in [5.74, 6) is -4.92. The molecule has 4 rings (SSSR count). The Balaban J connectivity index is 1.74. The second-order valence-electron chi connectivity index (χ2n) is 8.35. The maximum Gasteiger partial charge on any atom is 0.425 e. The Kier molecular flexibility index (Phi) is 6.80. The Morgan fingerprint density at radius 2 is 1.84 bits per heavy atom. The standard InChI is InChI=1S/C24H17ClF5N3O4/c1-11(24(28,29)30)37-18-8-12(17-9-32-19(10-31-17)23(5-6-23)22(35)36)16(27)7-13(18)21(34)33-20-14(25)3-2-4-15(20)26/h2-4,7-11H,5-6H2,1H3,(H,33,34)(H,35,36)/t11-/m0/s1. The number of halogens is 6. The molecular formula is C24H17ClF5N3O4. The lowest BCUT2D eigenvalue weighted by Gasteiger charge is -2.21. The van der Waals surface area contributed by atoms with E-state index in [9.17, 15) is 32.3 Å². The predicted molar refractivity (Wildman–Crippen MR) is 121 cm³/mol. The van der Waals surface area contributed by atoms with Gasteiger partial charge >= 0.3 is 12.1 Å². The van der Waals surface area contributed by atoms with Gasteiger partial charge in [0, 0.05) is 5.56 Å². The number of nitrogens with zero attached hydrogens (tertiary/aromatic N) is 2. The van der Waals surface area contributed by atoms with Crippen molar-refractivity contribution in [3.05, 3.63) is 70.6 Å². The van der Waals surface area contributed by atoms with Crippen molar-refractivity contribution in [1.29, 1.82) is 0 Å². The van der Waals surface area contributed by atoms with Gasteiger partial charge in [-0.2, -0.15) is 13.2 Å². The summed E-state index contributed by atoms with van der Waals surface area (Å²) in [6.07, 6.45) is -4.29. The van der Waals surface area contributed by atoms with Crippen molar-refractivity contribution in [3.63, 3.8) is 0 Å². The van der Waals surface area contributed by atoms with E-state index in [1.54, 1.807) is 0 Å². The third-order valence-electron chi connectivity index (χ3n) is 5.86. The molecule has 1 aliphatic carbocycles. The van der Waals surface area contributed by atoms with Gasteiger partial charge in [0.15, 0.2) is 6.10 Å². The molecule has 0 spiro atoms. The van der Waals surface area contributed by atoms with E-state index in [0.717, 1.165) is 24.5 Å². The molecule has 194 valence electrons. The molecule has 7 nitrogen and oxygen atoms in total. The van der Waals surface area contributed by atoms with Gasteiger partial charge in [-0.15, -0.1) is 0 Å². The Bertz CT molecular complexity index is 1360. The first-order valence-electron chi connectivity index (χ1n) is 10.7. The number of ether oxygens (including phenoxy) is 1. The van der Waals surface area contributed by atoms with E-state index in [1.165, 1.54) is 12.1 Å². The second-order valence-corrected chi connectivity index (χ2v) is 8.76. The van der Waals surface area contributed by atoms with Gasteiger partial charge in [-0.05, 0) is 44.0 Å². The van der Waals surface area contributed by atoms with Crippen LogP contribution in [0.15, 0.2) is 42.7 Å². The number of benzene rings is 2. The number of para-hydroxylation sites is 1. The van der Waals surface area contributed by atoms with Crippen LogP contribution in [0, 0.1) is 11.6 Å². The first kappa shape index (κ1) is 26.3. The molecule has 1 fully saturated rings. The van der Waals surface area contributed by atoms with Gasteiger partial charge in [-0.1, -0.05) is 17.7 Å². The number of aliphatic carboxylic acids is 1. The number of aromatic nitrogens is 2. The first-order valence-corrected chi connectivity index (χ1v) is 11.1. The minimum absolute atomic E-state index is 0.143. The summed E-state index contributed by atoms with van der Waals surface area (Å²) < 4.78 is 73.8. The quantitative estimate of drug-likeness (QED) is 0.368. The summed E-state index contributed by atoms with van der Waals surface area (Å²) in [4.78, 5) is 32.4. The third kappa shape index (κ3) is 5.19. The fourth-order valence-electron chi connectivity index (χ4n) is 3.50. The molecule has 0 radical (unpaired) electrons. The summed E-state index contributed by atoms with van der Waals surface area (Å²) in [5, 5.41) is 11.3. The molecule has 37 heavy (non-hydrogen) atoms. The van der Waals surface area contributed by atoms with Crippen molar-refractivity contribution in [1.82, 2.24) is 9.97 Å². The molecule has 0 bridgehead atoms. The summed E-state index contributed by atoms with van der Waals surface area (Å²) in [6.45, 7) is 0.689. The molecule has 0 saturated heterocycles. The Morgan fingerprint density at radius 1 is 1.14 bits per heavy atom. The van der Waals surface area contributed by atoms with E-state index in [-0.39, 0.29) is 22.0 Å². The lowest BCUT2D eigenvalue weighted by atomic mass is 10.0. The molecule has 2 N–H and O–H groups in total. The van der Waals surface area contributed by atoms with Gasteiger partial charge < -0.3 is 15.2 Å². The highest BCUT2D eigenvalue weighted by atomic mass is 35.5. The Hall–Kier alpha value is -3.80. The summed E-state index contributed by atoms with van der Waals surface area (Å²) in [5.41, 5.74) is -2.63. The number of hydrogen-bond acceptors (Lipinski definition) is 5. The average molecular weight is 542 g/mol. The van der Waals surface area contributed by atoms with Crippen molar-refractivity contribution in [2.45, 2.75) is 37.5 Å². The summed E-state index contributed by atoms with van der Waals surface area (Å²) >= 11 is 5.89. The van der Waals surface area contributed by atoms with Crippen LogP contribution in [-0.2, 0) is 10.2 Å². The molecule has 0 aliphatic heterocycles. The van der Waals surface area contributed by atoms with Gasteiger partial charge in [0.2, 0.25) is 0 Å². The number of amides is 1. The number of carboxylic acids is 1. The lowest BCUT2D eigenvalue weighted by molar-refractivity contribution is -0.189. The van der Waals surface area contributed by atoms with Crippen LogP contribution in [-0.4, -0.2) is 39.2 Å².